The number of hydrogen-bond acceptors (Lipinski definition) is 7. The standard InChI is InChI=1S/C25H18BrClINO6S2/c1-2-34-21-12-16(11-20(28)23(21)35-37(32,33)19-9-7-18(27)8-10-19)13-22-24(30)29(25(31)36-22)14-15-3-5-17(26)6-4-15/h3-13H,2,14H2,1H3/b22-13-. The first-order chi connectivity index (χ1) is 17.6. The first-order valence-corrected chi connectivity index (χ1v) is 15.2. The van der Waals surface area contributed by atoms with Crippen LogP contribution in [0.5, 0.6) is 11.5 Å². The van der Waals surface area contributed by atoms with Crippen molar-refractivity contribution in [3.8, 4) is 11.5 Å². The summed E-state index contributed by atoms with van der Waals surface area (Å²) in [5.74, 6) is -0.193. The second-order valence-corrected chi connectivity index (χ2v) is 12.7. The summed E-state index contributed by atoms with van der Waals surface area (Å²) in [5, 5.41) is 0.0297. The molecule has 0 aliphatic carbocycles. The lowest BCUT2D eigenvalue weighted by Gasteiger charge is -2.15. The average Bonchev–Trinajstić information content (AvgIpc) is 3.10. The van der Waals surface area contributed by atoms with Crippen molar-refractivity contribution < 1.29 is 26.9 Å². The van der Waals surface area contributed by atoms with Gasteiger partial charge in [0.2, 0.25) is 0 Å². The zero-order valence-corrected chi connectivity index (χ0v) is 25.2. The lowest BCUT2D eigenvalue weighted by molar-refractivity contribution is -0.123. The van der Waals surface area contributed by atoms with Crippen LogP contribution in [0.2, 0.25) is 5.02 Å². The maximum atomic E-state index is 13.0. The molecule has 1 heterocycles. The van der Waals surface area contributed by atoms with Crippen molar-refractivity contribution in [3.63, 3.8) is 0 Å². The van der Waals surface area contributed by atoms with E-state index < -0.39 is 16.0 Å². The minimum Gasteiger partial charge on any atom is -0.490 e. The molecule has 1 fully saturated rings. The molecule has 0 atom stereocenters. The molecule has 12 heteroatoms. The van der Waals surface area contributed by atoms with E-state index in [2.05, 4.69) is 15.9 Å². The summed E-state index contributed by atoms with van der Waals surface area (Å²) in [6, 6.07) is 16.2. The normalized spacial score (nSPS) is 14.9. The third-order valence-electron chi connectivity index (χ3n) is 5.05. The summed E-state index contributed by atoms with van der Waals surface area (Å²) in [6.45, 7) is 2.16. The molecule has 1 aliphatic rings. The number of thioether (sulfide) groups is 1. The molecule has 0 bridgehead atoms. The summed E-state index contributed by atoms with van der Waals surface area (Å²) < 4.78 is 38.1. The van der Waals surface area contributed by atoms with E-state index in [0.29, 0.717) is 14.2 Å². The number of benzene rings is 3. The Bertz CT molecular complexity index is 1490. The van der Waals surface area contributed by atoms with E-state index in [1.807, 2.05) is 46.9 Å². The topological polar surface area (TPSA) is 90.0 Å². The molecular weight excluding hydrogens is 717 g/mol. The van der Waals surface area contributed by atoms with Crippen LogP contribution in [0.15, 0.2) is 74.9 Å². The third kappa shape index (κ3) is 6.69. The molecule has 0 spiro atoms. The van der Waals surface area contributed by atoms with Gasteiger partial charge in [-0.2, -0.15) is 8.42 Å². The van der Waals surface area contributed by atoms with Gasteiger partial charge in [0.15, 0.2) is 11.5 Å². The summed E-state index contributed by atoms with van der Waals surface area (Å²) in [5.41, 5.74) is 1.38. The molecule has 0 N–H and O–H groups in total. The van der Waals surface area contributed by atoms with Crippen LogP contribution in [0.4, 0.5) is 4.79 Å². The minimum atomic E-state index is -4.16. The van der Waals surface area contributed by atoms with Crippen LogP contribution in [0, 0.1) is 3.57 Å². The SMILES string of the molecule is CCOc1cc(/C=C2\SC(=O)N(Cc3ccc(Br)cc3)C2=O)cc(I)c1OS(=O)(=O)c1ccc(Cl)cc1. The van der Waals surface area contributed by atoms with Crippen molar-refractivity contribution >= 4 is 89.2 Å². The summed E-state index contributed by atoms with van der Waals surface area (Å²) >= 11 is 12.0. The number of imide groups is 1. The Hall–Kier alpha value is -2.06. The Labute approximate surface area is 245 Å². The second-order valence-electron chi connectivity index (χ2n) is 7.65. The molecule has 0 radical (unpaired) electrons. The number of hydrogen-bond donors (Lipinski definition) is 0. The van der Waals surface area contributed by atoms with Gasteiger partial charge in [0, 0.05) is 9.50 Å². The van der Waals surface area contributed by atoms with Gasteiger partial charge in [0.1, 0.15) is 4.90 Å². The molecule has 4 rings (SSSR count). The van der Waals surface area contributed by atoms with E-state index in [9.17, 15) is 18.0 Å². The molecule has 0 unspecified atom stereocenters. The molecule has 192 valence electrons. The van der Waals surface area contributed by atoms with Crippen molar-refractivity contribution in [1.82, 2.24) is 4.90 Å². The van der Waals surface area contributed by atoms with E-state index in [1.165, 1.54) is 29.2 Å². The Balaban J connectivity index is 1.61. The maximum absolute atomic E-state index is 13.0. The van der Waals surface area contributed by atoms with E-state index in [1.54, 1.807) is 25.1 Å². The summed E-state index contributed by atoms with van der Waals surface area (Å²) in [7, 11) is -4.16. The number of halogens is 3. The zero-order valence-electron chi connectivity index (χ0n) is 19.1. The van der Waals surface area contributed by atoms with Gasteiger partial charge in [-0.05, 0) is 107 Å². The first-order valence-electron chi connectivity index (χ1n) is 10.7. The molecule has 1 saturated heterocycles. The van der Waals surface area contributed by atoms with Crippen molar-refractivity contribution in [1.29, 1.82) is 0 Å². The molecule has 2 amide bonds. The molecule has 0 saturated carbocycles. The fraction of sp³-hybridized carbons (Fsp3) is 0.120. The number of nitrogens with zero attached hydrogens (tertiary/aromatic N) is 1. The van der Waals surface area contributed by atoms with Crippen molar-refractivity contribution in [2.75, 3.05) is 6.61 Å². The van der Waals surface area contributed by atoms with Crippen LogP contribution in [0.1, 0.15) is 18.1 Å². The number of rotatable bonds is 8. The monoisotopic (exact) mass is 733 g/mol. The van der Waals surface area contributed by atoms with Crippen molar-refractivity contribution in [2.45, 2.75) is 18.4 Å². The van der Waals surface area contributed by atoms with Crippen LogP contribution in [0.3, 0.4) is 0 Å². The predicted molar refractivity (Wildman–Crippen MR) is 155 cm³/mol. The van der Waals surface area contributed by atoms with Gasteiger partial charge >= 0.3 is 10.1 Å². The van der Waals surface area contributed by atoms with Crippen LogP contribution in [-0.2, 0) is 21.5 Å². The fourth-order valence-corrected chi connectivity index (χ4v) is 6.40. The number of ether oxygens (including phenoxy) is 1. The number of amides is 2. The Morgan fingerprint density at radius 3 is 2.41 bits per heavy atom. The van der Waals surface area contributed by atoms with E-state index in [4.69, 9.17) is 20.5 Å². The molecular formula is C25H18BrClINO6S2. The van der Waals surface area contributed by atoms with E-state index in [-0.39, 0.29) is 39.7 Å². The van der Waals surface area contributed by atoms with Gasteiger partial charge < -0.3 is 8.92 Å². The Kier molecular flexibility index (Phi) is 8.89. The minimum absolute atomic E-state index is 0.0258. The van der Waals surface area contributed by atoms with Gasteiger partial charge in [-0.3, -0.25) is 14.5 Å². The molecule has 37 heavy (non-hydrogen) atoms. The highest BCUT2D eigenvalue weighted by atomic mass is 127. The second kappa shape index (κ2) is 11.8. The summed E-state index contributed by atoms with van der Waals surface area (Å²) in [4.78, 5) is 26.9. The maximum Gasteiger partial charge on any atom is 0.339 e. The fourth-order valence-electron chi connectivity index (χ4n) is 3.33. The number of carbonyl (C=O) groups is 2. The first kappa shape index (κ1) is 28.0. The highest BCUT2D eigenvalue weighted by Gasteiger charge is 2.35. The van der Waals surface area contributed by atoms with Gasteiger partial charge in [-0.1, -0.05) is 39.7 Å². The van der Waals surface area contributed by atoms with E-state index in [0.717, 1.165) is 21.8 Å². The van der Waals surface area contributed by atoms with Gasteiger partial charge in [-0.15, -0.1) is 0 Å². The highest BCUT2D eigenvalue weighted by molar-refractivity contribution is 14.1. The van der Waals surface area contributed by atoms with Crippen LogP contribution < -0.4 is 8.92 Å². The Morgan fingerprint density at radius 1 is 1.08 bits per heavy atom. The van der Waals surface area contributed by atoms with Crippen molar-refractivity contribution in [3.05, 3.63) is 89.8 Å². The van der Waals surface area contributed by atoms with Gasteiger partial charge in [0.25, 0.3) is 11.1 Å². The van der Waals surface area contributed by atoms with Gasteiger partial charge in [0.05, 0.1) is 21.6 Å². The lowest BCUT2D eigenvalue weighted by atomic mass is 10.1. The van der Waals surface area contributed by atoms with Crippen LogP contribution in [0.25, 0.3) is 6.08 Å². The van der Waals surface area contributed by atoms with Crippen LogP contribution >= 0.6 is 61.9 Å². The molecule has 0 aromatic heterocycles. The predicted octanol–water partition coefficient (Wildman–Crippen LogP) is 7.11. The quantitative estimate of drug-likeness (QED) is 0.139. The Morgan fingerprint density at radius 2 is 1.76 bits per heavy atom. The van der Waals surface area contributed by atoms with E-state index >= 15 is 0 Å². The number of carbonyl (C=O) groups excluding carboxylic acids is 2. The molecule has 1 aliphatic heterocycles. The highest BCUT2D eigenvalue weighted by Crippen LogP contribution is 2.39. The summed E-state index contributed by atoms with van der Waals surface area (Å²) in [6.07, 6.45) is 1.58. The third-order valence-corrected chi connectivity index (χ3v) is 8.78. The molecule has 3 aromatic carbocycles. The van der Waals surface area contributed by atoms with Crippen molar-refractivity contribution in [2.24, 2.45) is 0 Å². The van der Waals surface area contributed by atoms with Gasteiger partial charge in [-0.25, -0.2) is 0 Å². The molecule has 7 nitrogen and oxygen atoms in total. The zero-order chi connectivity index (χ0) is 26.7. The van der Waals surface area contributed by atoms with Crippen LogP contribution in [-0.4, -0.2) is 31.1 Å². The average molecular weight is 735 g/mol. The largest absolute Gasteiger partial charge is 0.490 e. The smallest absolute Gasteiger partial charge is 0.339 e. The molecule has 3 aromatic rings. The lowest BCUT2D eigenvalue weighted by Crippen LogP contribution is -2.27.